The predicted octanol–water partition coefficient (Wildman–Crippen LogP) is 3.37. The standard InChI is InChI=1S/C22H21BrN4O7S2/c1-31-12-5-7-17(33-3)14(9-12)16-11-24-21-27(16)25-22(35-21)36(29,30)26-20(23)19(28)15-10-13(32-2)6-8-18(15)34-4/h5-11,20,26H,1-4H3. The van der Waals surface area contributed by atoms with Gasteiger partial charge < -0.3 is 18.9 Å². The van der Waals surface area contributed by atoms with Crippen LogP contribution in [0.4, 0.5) is 0 Å². The Morgan fingerprint density at radius 2 is 1.64 bits per heavy atom. The van der Waals surface area contributed by atoms with Gasteiger partial charge in [-0.2, -0.15) is 4.72 Å². The summed E-state index contributed by atoms with van der Waals surface area (Å²) in [6, 6.07) is 9.87. The highest BCUT2D eigenvalue weighted by molar-refractivity contribution is 9.10. The Kier molecular flexibility index (Phi) is 7.49. The largest absolute Gasteiger partial charge is 0.497 e. The minimum Gasteiger partial charge on any atom is -0.497 e. The first-order valence-electron chi connectivity index (χ1n) is 10.2. The molecule has 0 spiro atoms. The average Bonchev–Trinajstić information content (AvgIpc) is 3.49. The molecule has 0 radical (unpaired) electrons. The number of ether oxygens (including phenoxy) is 4. The molecule has 0 saturated heterocycles. The molecule has 14 heteroatoms. The second kappa shape index (κ2) is 10.4. The number of hydrogen-bond donors (Lipinski definition) is 1. The van der Waals surface area contributed by atoms with E-state index in [1.165, 1.54) is 39.0 Å². The summed E-state index contributed by atoms with van der Waals surface area (Å²) in [6.45, 7) is 0. The molecule has 0 aliphatic carbocycles. The van der Waals surface area contributed by atoms with Gasteiger partial charge in [-0.25, -0.2) is 17.9 Å². The maximum absolute atomic E-state index is 13.1. The van der Waals surface area contributed by atoms with Gasteiger partial charge in [-0.3, -0.25) is 4.79 Å². The van der Waals surface area contributed by atoms with Crippen LogP contribution in [0, 0.1) is 0 Å². The van der Waals surface area contributed by atoms with Crippen LogP contribution >= 0.6 is 27.3 Å². The number of methoxy groups -OCH3 is 4. The molecule has 1 atom stereocenters. The van der Waals surface area contributed by atoms with Crippen molar-refractivity contribution < 1.29 is 32.2 Å². The van der Waals surface area contributed by atoms with Gasteiger partial charge in [0, 0.05) is 5.56 Å². The zero-order chi connectivity index (χ0) is 26.0. The Bertz CT molecular complexity index is 1530. The highest BCUT2D eigenvalue weighted by Gasteiger charge is 2.30. The van der Waals surface area contributed by atoms with E-state index in [2.05, 4.69) is 30.7 Å². The number of nitrogens with zero attached hydrogens (tertiary/aromatic N) is 3. The van der Waals surface area contributed by atoms with Gasteiger partial charge in [0.05, 0.1) is 45.9 Å². The number of Topliss-reactive ketones (excluding diaryl/α,β-unsaturated/α-hetero) is 1. The molecule has 0 fully saturated rings. The first-order valence-corrected chi connectivity index (χ1v) is 13.4. The molecule has 0 bridgehead atoms. The van der Waals surface area contributed by atoms with Crippen molar-refractivity contribution in [2.45, 2.75) is 9.29 Å². The lowest BCUT2D eigenvalue weighted by Gasteiger charge is -2.14. The van der Waals surface area contributed by atoms with Crippen LogP contribution in [-0.2, 0) is 10.0 Å². The van der Waals surface area contributed by atoms with E-state index in [1.54, 1.807) is 36.5 Å². The number of carbonyl (C=O) groups is 1. The molecule has 4 aromatic rings. The van der Waals surface area contributed by atoms with E-state index in [0.29, 0.717) is 33.5 Å². The van der Waals surface area contributed by atoms with E-state index in [4.69, 9.17) is 18.9 Å². The molecule has 11 nitrogen and oxygen atoms in total. The van der Waals surface area contributed by atoms with Crippen LogP contribution < -0.4 is 23.7 Å². The van der Waals surface area contributed by atoms with Gasteiger partial charge >= 0.3 is 0 Å². The zero-order valence-corrected chi connectivity index (χ0v) is 22.7. The summed E-state index contributed by atoms with van der Waals surface area (Å²) >= 11 is 3.98. The minimum absolute atomic E-state index is 0.141. The van der Waals surface area contributed by atoms with Gasteiger partial charge in [-0.05, 0) is 36.4 Å². The molecule has 1 N–H and O–H groups in total. The summed E-state index contributed by atoms with van der Waals surface area (Å²) in [5.41, 5.74) is 1.26. The van der Waals surface area contributed by atoms with E-state index < -0.39 is 20.8 Å². The van der Waals surface area contributed by atoms with Crippen LogP contribution in [0.15, 0.2) is 46.9 Å². The lowest BCUT2D eigenvalue weighted by molar-refractivity contribution is 0.0984. The molecule has 190 valence electrons. The Morgan fingerprint density at radius 1 is 1.00 bits per heavy atom. The molecule has 2 aromatic heterocycles. The van der Waals surface area contributed by atoms with Crippen molar-refractivity contribution in [3.05, 3.63) is 48.2 Å². The number of nitrogens with one attached hydrogen (secondary N) is 1. The number of halogens is 1. The number of benzene rings is 2. The summed E-state index contributed by atoms with van der Waals surface area (Å²) < 4.78 is 50.8. The van der Waals surface area contributed by atoms with Crippen LogP contribution in [0.3, 0.4) is 0 Å². The number of rotatable bonds is 10. The molecule has 2 heterocycles. The number of imidazole rings is 1. The SMILES string of the molecule is COc1ccc(OC)c(C(=O)C(Br)NS(=O)(=O)c2nn3c(-c4cc(OC)ccc4OC)cnc3s2)c1. The fraction of sp³-hybridized carbons (Fsp3) is 0.227. The van der Waals surface area contributed by atoms with Crippen LogP contribution in [-0.4, -0.2) is 62.2 Å². The van der Waals surface area contributed by atoms with Gasteiger partial charge in [0.25, 0.3) is 10.0 Å². The Labute approximate surface area is 219 Å². The van der Waals surface area contributed by atoms with Gasteiger partial charge in [0.15, 0.2) is 5.78 Å². The first-order chi connectivity index (χ1) is 17.2. The summed E-state index contributed by atoms with van der Waals surface area (Å²) in [4.78, 5) is 16.4. The average molecular weight is 597 g/mol. The van der Waals surface area contributed by atoms with Gasteiger partial charge in [-0.15, -0.1) is 5.10 Å². The molecule has 0 saturated carbocycles. The van der Waals surface area contributed by atoms with Crippen LogP contribution in [0.5, 0.6) is 23.0 Å². The number of fused-ring (bicyclic) bond motifs is 1. The maximum Gasteiger partial charge on any atom is 0.271 e. The molecular weight excluding hydrogens is 576 g/mol. The number of ketones is 1. The van der Waals surface area contributed by atoms with Crippen molar-refractivity contribution in [1.82, 2.24) is 19.3 Å². The number of carbonyl (C=O) groups excluding carboxylic acids is 1. The lowest BCUT2D eigenvalue weighted by Crippen LogP contribution is -2.36. The monoisotopic (exact) mass is 596 g/mol. The summed E-state index contributed by atoms with van der Waals surface area (Å²) in [7, 11) is 1.72. The van der Waals surface area contributed by atoms with E-state index in [-0.39, 0.29) is 15.7 Å². The third-order valence-corrected chi connectivity index (χ3v) is 8.80. The molecular formula is C22H21BrN4O7S2. The molecule has 0 aliphatic heterocycles. The number of sulfonamides is 1. The van der Waals surface area contributed by atoms with Crippen molar-refractivity contribution >= 4 is 48.0 Å². The normalized spacial score (nSPS) is 12.4. The maximum atomic E-state index is 13.1. The Balaban J connectivity index is 1.65. The second-order valence-electron chi connectivity index (χ2n) is 7.19. The van der Waals surface area contributed by atoms with Gasteiger partial charge in [-0.1, -0.05) is 27.3 Å². The topological polar surface area (TPSA) is 130 Å². The number of alkyl halides is 1. The quantitative estimate of drug-likeness (QED) is 0.166. The first kappa shape index (κ1) is 25.9. The summed E-state index contributed by atoms with van der Waals surface area (Å²) in [5, 5.41) is 4.25. The summed E-state index contributed by atoms with van der Waals surface area (Å²) in [5.74, 6) is 1.24. The third kappa shape index (κ3) is 4.89. The molecule has 2 aromatic carbocycles. The fourth-order valence-electron chi connectivity index (χ4n) is 3.36. The van der Waals surface area contributed by atoms with Crippen LogP contribution in [0.25, 0.3) is 16.2 Å². The fourth-order valence-corrected chi connectivity index (χ4v) is 6.44. The minimum atomic E-state index is -4.21. The van der Waals surface area contributed by atoms with Crippen LogP contribution in [0.2, 0.25) is 0 Å². The highest BCUT2D eigenvalue weighted by Crippen LogP contribution is 2.35. The van der Waals surface area contributed by atoms with E-state index in [1.807, 2.05) is 0 Å². The third-order valence-electron chi connectivity index (χ3n) is 5.14. The van der Waals surface area contributed by atoms with Gasteiger partial charge in [0.1, 0.15) is 27.9 Å². The Morgan fingerprint density at radius 3 is 2.28 bits per heavy atom. The predicted molar refractivity (Wildman–Crippen MR) is 136 cm³/mol. The molecule has 0 amide bonds. The van der Waals surface area contributed by atoms with Crippen molar-refractivity contribution in [2.24, 2.45) is 0 Å². The highest BCUT2D eigenvalue weighted by atomic mass is 79.9. The number of aromatic nitrogens is 3. The summed E-state index contributed by atoms with van der Waals surface area (Å²) in [6.07, 6.45) is 1.56. The number of hydrogen-bond acceptors (Lipinski definition) is 10. The molecule has 36 heavy (non-hydrogen) atoms. The molecule has 0 aliphatic rings. The van der Waals surface area contributed by atoms with E-state index in [9.17, 15) is 13.2 Å². The molecule has 4 rings (SSSR count). The van der Waals surface area contributed by atoms with Crippen molar-refractivity contribution in [2.75, 3.05) is 28.4 Å². The smallest absolute Gasteiger partial charge is 0.271 e. The lowest BCUT2D eigenvalue weighted by atomic mass is 10.1. The zero-order valence-electron chi connectivity index (χ0n) is 19.5. The van der Waals surface area contributed by atoms with E-state index >= 15 is 0 Å². The Hall–Kier alpha value is -3.20. The van der Waals surface area contributed by atoms with Crippen molar-refractivity contribution in [3.63, 3.8) is 0 Å². The molecule has 1 unspecified atom stereocenters. The van der Waals surface area contributed by atoms with Crippen LogP contribution in [0.1, 0.15) is 10.4 Å². The second-order valence-corrected chi connectivity index (χ2v) is 10.9. The van der Waals surface area contributed by atoms with E-state index in [0.717, 1.165) is 11.3 Å². The van der Waals surface area contributed by atoms with Gasteiger partial charge in [0.2, 0.25) is 9.30 Å². The van der Waals surface area contributed by atoms with Crippen molar-refractivity contribution in [3.8, 4) is 34.3 Å². The van der Waals surface area contributed by atoms with Crippen molar-refractivity contribution in [1.29, 1.82) is 0 Å².